The Morgan fingerprint density at radius 3 is 1.47 bits per heavy atom. The number of hydrogen-bond donors (Lipinski definition) is 0. The van der Waals surface area contributed by atoms with Gasteiger partial charge in [-0.3, -0.25) is 13.7 Å². The molecule has 0 spiro atoms. The summed E-state index contributed by atoms with van der Waals surface area (Å²) >= 11 is 0. The minimum Gasteiger partial charge on any atom is -0.458 e. The highest BCUT2D eigenvalue weighted by atomic mass is 16.5. The number of pyridine rings is 1. The third kappa shape index (κ3) is 9.95. The fourth-order valence-corrected chi connectivity index (χ4v) is 12.5. The van der Waals surface area contributed by atoms with Gasteiger partial charge in [0.15, 0.2) is 0 Å². The predicted octanol–water partition coefficient (Wildman–Crippen LogP) is 21.1. The number of fused-ring (bicyclic) bond motifs is 10. The van der Waals surface area contributed by atoms with Crippen molar-refractivity contribution in [2.24, 2.45) is 0 Å². The second kappa shape index (κ2) is 19.9. The summed E-state index contributed by atoms with van der Waals surface area (Å²) in [4.78, 5) is 4.97. The molecule has 9 aromatic carbocycles. The molecule has 0 atom stereocenters. The molecule has 0 fully saturated rings. The Bertz CT molecular complexity index is 4580. The third-order valence-corrected chi connectivity index (χ3v) is 17.5. The molecule has 0 saturated heterocycles. The second-order valence-corrected chi connectivity index (χ2v) is 28.8. The Morgan fingerprint density at radius 2 is 0.859 bits per heavy atom. The highest BCUT2D eigenvalue weighted by Gasteiger charge is 2.30. The van der Waals surface area contributed by atoms with Crippen LogP contribution in [-0.2, 0) is 27.1 Å². The fourth-order valence-electron chi connectivity index (χ4n) is 12.5. The van der Waals surface area contributed by atoms with Crippen LogP contribution in [0, 0.1) is 6.33 Å². The lowest BCUT2D eigenvalue weighted by molar-refractivity contribution is -0.570. The van der Waals surface area contributed by atoms with Gasteiger partial charge in [0.25, 0.3) is 6.33 Å². The van der Waals surface area contributed by atoms with Crippen LogP contribution >= 0.6 is 0 Å². The van der Waals surface area contributed by atoms with E-state index in [2.05, 4.69) is 318 Å². The number of benzene rings is 9. The van der Waals surface area contributed by atoms with Crippen LogP contribution in [0.5, 0.6) is 11.5 Å². The highest BCUT2D eigenvalue weighted by molar-refractivity contribution is 6.09. The maximum absolute atomic E-state index is 7.06. The number of nitrogens with zero attached hydrogens (tertiary/aromatic N) is 4. The molecule has 1 aliphatic rings. The lowest BCUT2D eigenvalue weighted by Gasteiger charge is -2.27. The molecule has 1 aliphatic heterocycles. The van der Waals surface area contributed by atoms with Crippen LogP contribution in [0.15, 0.2) is 200 Å². The molecule has 5 heteroatoms. The summed E-state index contributed by atoms with van der Waals surface area (Å²) in [6.45, 7) is 34.7. The lowest BCUT2D eigenvalue weighted by Crippen LogP contribution is -2.32. The Labute approximate surface area is 503 Å². The van der Waals surface area contributed by atoms with Gasteiger partial charge in [0.05, 0.1) is 33.4 Å². The fraction of sp³-hybridized carbons (Fsp3) is 0.250. The molecule has 0 bridgehead atoms. The number of ether oxygens (including phenoxy) is 1. The molecule has 0 radical (unpaired) electrons. The molecule has 424 valence electrons. The summed E-state index contributed by atoms with van der Waals surface area (Å²) in [5.41, 5.74) is 23.9. The van der Waals surface area contributed by atoms with E-state index in [-0.39, 0.29) is 27.1 Å². The van der Waals surface area contributed by atoms with Crippen LogP contribution in [0.1, 0.15) is 132 Å². The first-order valence-corrected chi connectivity index (χ1v) is 30.3. The Hall–Kier alpha value is -8.80. The summed E-state index contributed by atoms with van der Waals surface area (Å²) < 4.78 is 14.0. The molecule has 0 saturated carbocycles. The quantitative estimate of drug-likeness (QED) is 0.123. The largest absolute Gasteiger partial charge is 0.458 e. The number of hydrogen-bond acceptors (Lipinski definition) is 2. The average Bonchev–Trinajstić information content (AvgIpc) is 1.75. The van der Waals surface area contributed by atoms with E-state index in [1.807, 2.05) is 6.20 Å². The van der Waals surface area contributed by atoms with Gasteiger partial charge < -0.3 is 4.74 Å². The van der Waals surface area contributed by atoms with Crippen LogP contribution in [0.2, 0.25) is 0 Å². The zero-order valence-electron chi connectivity index (χ0n) is 52.2. The lowest BCUT2D eigenvalue weighted by atomic mass is 9.78. The smallest absolute Gasteiger partial charge is 0.269 e. The van der Waals surface area contributed by atoms with Crippen molar-refractivity contribution in [1.82, 2.24) is 14.1 Å². The SMILES string of the molecule is CC(C)(C)c1cc(-c2cc3c4c(c2)n(-c2cccc(Oc5ccc6c7ccccc7n(-c7cc(C(C)(C)C)ccn7)c6c5)c2)[c-][n+]4-c2c(-c4cc(C(C)(C)C)cc(C(C)(C)C)c4)cccc2-c2ccccc2-c2ccccc2-3)cc(C(C)(C)C)c1. The number of para-hydroxylation sites is 2. The maximum atomic E-state index is 7.06. The van der Waals surface area contributed by atoms with E-state index in [4.69, 9.17) is 9.72 Å². The highest BCUT2D eigenvalue weighted by Crippen LogP contribution is 2.48. The van der Waals surface area contributed by atoms with Crippen LogP contribution in [0.4, 0.5) is 0 Å². The summed E-state index contributed by atoms with van der Waals surface area (Å²) in [6, 6.07) is 72.3. The predicted molar refractivity (Wildman–Crippen MR) is 357 cm³/mol. The van der Waals surface area contributed by atoms with Gasteiger partial charge in [-0.2, -0.15) is 0 Å². The molecule has 0 amide bonds. The molecular weight excluding hydrogens is 1030 g/mol. The molecule has 3 aromatic heterocycles. The first-order chi connectivity index (χ1) is 40.3. The van der Waals surface area contributed by atoms with Crippen LogP contribution in [0.3, 0.4) is 0 Å². The normalized spacial score (nSPS) is 12.9. The number of aromatic nitrogens is 4. The van der Waals surface area contributed by atoms with Gasteiger partial charge in [-0.25, -0.2) is 4.98 Å². The summed E-state index contributed by atoms with van der Waals surface area (Å²) in [7, 11) is 0. The Kier molecular flexibility index (Phi) is 13.0. The minimum atomic E-state index is -0.0898. The first kappa shape index (κ1) is 55.4. The van der Waals surface area contributed by atoms with Crippen molar-refractivity contribution in [2.45, 2.75) is 131 Å². The van der Waals surface area contributed by atoms with Gasteiger partial charge in [0, 0.05) is 23.0 Å². The van der Waals surface area contributed by atoms with Gasteiger partial charge >= 0.3 is 0 Å². The molecule has 4 heterocycles. The van der Waals surface area contributed by atoms with Crippen molar-refractivity contribution >= 4 is 32.8 Å². The van der Waals surface area contributed by atoms with Gasteiger partial charge in [0.2, 0.25) is 0 Å². The summed E-state index contributed by atoms with van der Waals surface area (Å²) in [5, 5.41) is 2.31. The van der Waals surface area contributed by atoms with E-state index in [1.54, 1.807) is 0 Å². The molecule has 12 aromatic rings. The van der Waals surface area contributed by atoms with E-state index >= 15 is 0 Å². The standard InChI is InChI=1S/C80H78N4O/c1-76(2,3)53-36-37-81-73(46-53)84-70-33-21-20-30-66(70)67-35-34-60(48-71(67)84)85-59-25-22-24-58(47-59)82-49-83-74-61(52-40-56(79(10,11)12)45-57(41-52)80(13,14)15)31-23-32-68(74)64-28-18-16-26-62(64)63-27-17-19-29-65(63)69-42-51(43-72(82)75(69)83)50-38-54(77(4,5)6)44-55(39-50)78(7,8)9/h16-48H,1-15H3. The van der Waals surface area contributed by atoms with Gasteiger partial charge in [-0.15, -0.1) is 0 Å². The molecular formula is C80H78N4O. The molecule has 0 unspecified atom stereocenters. The first-order valence-electron chi connectivity index (χ1n) is 30.3. The van der Waals surface area contributed by atoms with Crippen LogP contribution < -0.4 is 9.30 Å². The topological polar surface area (TPSA) is 35.9 Å². The van der Waals surface area contributed by atoms with Crippen molar-refractivity contribution in [3.8, 4) is 84.3 Å². The van der Waals surface area contributed by atoms with Crippen LogP contribution in [-0.4, -0.2) is 14.1 Å². The third-order valence-electron chi connectivity index (χ3n) is 17.5. The summed E-state index contributed by atoms with van der Waals surface area (Å²) in [5.74, 6) is 2.33. The molecule has 0 N–H and O–H groups in total. The molecule has 0 aliphatic carbocycles. The van der Waals surface area contributed by atoms with Crippen molar-refractivity contribution < 1.29 is 9.30 Å². The Balaban J connectivity index is 1.09. The van der Waals surface area contributed by atoms with E-state index in [0.717, 1.165) is 78.2 Å². The molecule has 85 heavy (non-hydrogen) atoms. The molecule has 5 nitrogen and oxygen atoms in total. The van der Waals surface area contributed by atoms with Crippen molar-refractivity contribution in [2.75, 3.05) is 0 Å². The van der Waals surface area contributed by atoms with Gasteiger partial charge in [0.1, 0.15) is 17.3 Å². The summed E-state index contributed by atoms with van der Waals surface area (Å²) in [6.07, 6.45) is 6.08. The van der Waals surface area contributed by atoms with Crippen molar-refractivity contribution in [3.63, 3.8) is 0 Å². The monoisotopic (exact) mass is 1110 g/mol. The van der Waals surface area contributed by atoms with Crippen LogP contribution in [0.25, 0.3) is 106 Å². The zero-order valence-corrected chi connectivity index (χ0v) is 52.2. The van der Waals surface area contributed by atoms with E-state index < -0.39 is 0 Å². The average molecular weight is 1110 g/mol. The number of imidazole rings is 1. The number of rotatable bonds is 6. The molecule has 13 rings (SSSR count). The van der Waals surface area contributed by atoms with Gasteiger partial charge in [-0.1, -0.05) is 237 Å². The maximum Gasteiger partial charge on any atom is 0.269 e. The van der Waals surface area contributed by atoms with Gasteiger partial charge in [-0.05, 0) is 165 Å². The van der Waals surface area contributed by atoms with E-state index in [0.29, 0.717) is 5.75 Å². The second-order valence-electron chi connectivity index (χ2n) is 28.8. The van der Waals surface area contributed by atoms with Crippen molar-refractivity contribution in [3.05, 3.63) is 234 Å². The minimum absolute atomic E-state index is 0.0426. The van der Waals surface area contributed by atoms with Crippen molar-refractivity contribution in [1.29, 1.82) is 0 Å². The zero-order chi connectivity index (χ0) is 59.7. The van der Waals surface area contributed by atoms with E-state index in [9.17, 15) is 0 Å². The van der Waals surface area contributed by atoms with E-state index in [1.165, 1.54) is 61.0 Å². The Morgan fingerprint density at radius 1 is 0.365 bits per heavy atom.